The summed E-state index contributed by atoms with van der Waals surface area (Å²) >= 11 is 0. The minimum atomic E-state index is -0.437. The fraction of sp³-hybridized carbons (Fsp3) is 0.600. The molecular formula is C15H23NO3. The first-order valence-electron chi connectivity index (χ1n) is 7.03. The topological polar surface area (TPSA) is 64.7 Å². The largest absolute Gasteiger partial charge is 0.486 e. The molecule has 2 atom stereocenters. The Hall–Kier alpha value is -1.26. The normalized spacial score (nSPS) is 17.0. The average molecular weight is 265 g/mol. The lowest BCUT2D eigenvalue weighted by Crippen LogP contribution is -2.34. The number of fused-ring (bicyclic) bond motifs is 1. The van der Waals surface area contributed by atoms with E-state index in [1.54, 1.807) is 0 Å². The molecule has 1 heterocycles. The molecule has 1 aromatic rings. The van der Waals surface area contributed by atoms with Gasteiger partial charge in [-0.05, 0) is 37.0 Å². The third-order valence-electron chi connectivity index (χ3n) is 3.45. The van der Waals surface area contributed by atoms with Gasteiger partial charge in [0.05, 0.1) is 6.10 Å². The first-order valence-corrected chi connectivity index (χ1v) is 7.03. The van der Waals surface area contributed by atoms with Crippen LogP contribution in [0.15, 0.2) is 18.2 Å². The lowest BCUT2D eigenvalue weighted by molar-refractivity contribution is 0.131. The predicted molar refractivity (Wildman–Crippen MR) is 74.6 cm³/mol. The van der Waals surface area contributed by atoms with Crippen molar-refractivity contribution < 1.29 is 14.6 Å². The molecule has 0 spiro atoms. The molecule has 0 saturated heterocycles. The summed E-state index contributed by atoms with van der Waals surface area (Å²) in [5.41, 5.74) is 7.05. The fourth-order valence-electron chi connectivity index (χ4n) is 2.30. The van der Waals surface area contributed by atoms with Crippen molar-refractivity contribution in [2.75, 3.05) is 13.2 Å². The maximum atomic E-state index is 9.97. The first-order chi connectivity index (χ1) is 9.20. The highest BCUT2D eigenvalue weighted by molar-refractivity contribution is 5.43. The molecule has 0 amide bonds. The Kier molecular flexibility index (Phi) is 5.05. The molecule has 0 radical (unpaired) electrons. The highest BCUT2D eigenvalue weighted by atomic mass is 16.6. The zero-order valence-electron chi connectivity index (χ0n) is 11.5. The average Bonchev–Trinajstić information content (AvgIpc) is 2.44. The summed E-state index contributed by atoms with van der Waals surface area (Å²) in [6.45, 7) is 3.28. The van der Waals surface area contributed by atoms with E-state index in [2.05, 4.69) is 6.92 Å². The second kappa shape index (κ2) is 6.78. The maximum absolute atomic E-state index is 9.97. The molecule has 0 saturated carbocycles. The first kappa shape index (κ1) is 14.2. The van der Waals surface area contributed by atoms with Gasteiger partial charge in [-0.2, -0.15) is 0 Å². The van der Waals surface area contributed by atoms with Gasteiger partial charge in [-0.15, -0.1) is 0 Å². The zero-order valence-corrected chi connectivity index (χ0v) is 11.5. The van der Waals surface area contributed by atoms with Crippen LogP contribution in [0.25, 0.3) is 0 Å². The third-order valence-corrected chi connectivity index (χ3v) is 3.45. The Balaban J connectivity index is 1.89. The number of hydrogen-bond donors (Lipinski definition) is 2. The Labute approximate surface area is 114 Å². The standard InChI is InChI=1S/C15H23NO3/c1-2-3-12(16)13(17)6-4-11-5-7-14-15(10-11)19-9-8-18-14/h5,7,10,12-13,17H,2-4,6,8-9,16H2,1H3. The highest BCUT2D eigenvalue weighted by Crippen LogP contribution is 2.31. The second-order valence-corrected chi connectivity index (χ2v) is 5.04. The van der Waals surface area contributed by atoms with Gasteiger partial charge in [0.1, 0.15) is 13.2 Å². The van der Waals surface area contributed by atoms with Gasteiger partial charge in [0, 0.05) is 6.04 Å². The summed E-state index contributed by atoms with van der Waals surface area (Å²) in [6.07, 6.45) is 2.91. The molecule has 106 valence electrons. The molecule has 1 aliphatic heterocycles. The second-order valence-electron chi connectivity index (χ2n) is 5.04. The van der Waals surface area contributed by atoms with Gasteiger partial charge in [-0.3, -0.25) is 0 Å². The number of ether oxygens (including phenoxy) is 2. The van der Waals surface area contributed by atoms with Gasteiger partial charge in [-0.1, -0.05) is 19.4 Å². The fourth-order valence-corrected chi connectivity index (χ4v) is 2.30. The predicted octanol–water partition coefficient (Wildman–Crippen LogP) is 1.88. The SMILES string of the molecule is CCCC(N)C(O)CCc1ccc2c(c1)OCCO2. The summed E-state index contributed by atoms with van der Waals surface area (Å²) in [6, 6.07) is 5.82. The van der Waals surface area contributed by atoms with E-state index in [1.807, 2.05) is 18.2 Å². The van der Waals surface area contributed by atoms with Crippen molar-refractivity contribution in [3.05, 3.63) is 23.8 Å². The summed E-state index contributed by atoms with van der Waals surface area (Å²) in [5, 5.41) is 9.97. The van der Waals surface area contributed by atoms with Crippen molar-refractivity contribution in [1.82, 2.24) is 0 Å². The smallest absolute Gasteiger partial charge is 0.161 e. The van der Waals surface area contributed by atoms with Crippen LogP contribution in [0.1, 0.15) is 31.7 Å². The molecule has 0 bridgehead atoms. The molecule has 3 N–H and O–H groups in total. The quantitative estimate of drug-likeness (QED) is 0.824. The molecule has 2 unspecified atom stereocenters. The van der Waals surface area contributed by atoms with Crippen LogP contribution in [0.3, 0.4) is 0 Å². The number of hydrogen-bond acceptors (Lipinski definition) is 4. The van der Waals surface area contributed by atoms with Crippen LogP contribution in [-0.2, 0) is 6.42 Å². The molecule has 0 aromatic heterocycles. The molecule has 4 heteroatoms. The molecule has 2 rings (SSSR count). The van der Waals surface area contributed by atoms with Crippen LogP contribution in [-0.4, -0.2) is 30.5 Å². The molecule has 0 aliphatic carbocycles. The summed E-state index contributed by atoms with van der Waals surface area (Å²) < 4.78 is 11.0. The van der Waals surface area contributed by atoms with Crippen LogP contribution in [0.5, 0.6) is 11.5 Å². The van der Waals surface area contributed by atoms with Crippen LogP contribution >= 0.6 is 0 Å². The minimum Gasteiger partial charge on any atom is -0.486 e. The number of aliphatic hydroxyl groups is 1. The van der Waals surface area contributed by atoms with E-state index in [4.69, 9.17) is 15.2 Å². The van der Waals surface area contributed by atoms with Gasteiger partial charge in [0.2, 0.25) is 0 Å². The Morgan fingerprint density at radius 2 is 1.95 bits per heavy atom. The molecule has 4 nitrogen and oxygen atoms in total. The molecule has 0 fully saturated rings. The highest BCUT2D eigenvalue weighted by Gasteiger charge is 2.15. The van der Waals surface area contributed by atoms with Crippen LogP contribution in [0.2, 0.25) is 0 Å². The van der Waals surface area contributed by atoms with Gasteiger partial charge in [-0.25, -0.2) is 0 Å². The van der Waals surface area contributed by atoms with E-state index < -0.39 is 6.10 Å². The lowest BCUT2D eigenvalue weighted by Gasteiger charge is -2.20. The summed E-state index contributed by atoms with van der Waals surface area (Å²) in [7, 11) is 0. The Morgan fingerprint density at radius 1 is 1.21 bits per heavy atom. The number of benzene rings is 1. The number of rotatable bonds is 6. The Bertz CT molecular complexity index is 408. The van der Waals surface area contributed by atoms with Crippen molar-refractivity contribution in [2.24, 2.45) is 5.73 Å². The Morgan fingerprint density at radius 3 is 2.68 bits per heavy atom. The van der Waals surface area contributed by atoms with Gasteiger partial charge < -0.3 is 20.3 Å². The number of nitrogens with two attached hydrogens (primary N) is 1. The van der Waals surface area contributed by atoms with Crippen molar-refractivity contribution in [2.45, 2.75) is 44.8 Å². The van der Waals surface area contributed by atoms with Crippen molar-refractivity contribution in [3.8, 4) is 11.5 Å². The third kappa shape index (κ3) is 3.85. The lowest BCUT2D eigenvalue weighted by atomic mass is 9.99. The van der Waals surface area contributed by atoms with Crippen molar-refractivity contribution in [3.63, 3.8) is 0 Å². The molecule has 19 heavy (non-hydrogen) atoms. The zero-order chi connectivity index (χ0) is 13.7. The van der Waals surface area contributed by atoms with Gasteiger partial charge in [0.25, 0.3) is 0 Å². The van der Waals surface area contributed by atoms with E-state index >= 15 is 0 Å². The monoisotopic (exact) mass is 265 g/mol. The van der Waals surface area contributed by atoms with E-state index in [0.29, 0.717) is 19.6 Å². The summed E-state index contributed by atoms with van der Waals surface area (Å²) in [4.78, 5) is 0. The van der Waals surface area contributed by atoms with Crippen LogP contribution in [0.4, 0.5) is 0 Å². The van der Waals surface area contributed by atoms with Crippen LogP contribution in [0, 0.1) is 0 Å². The molecule has 1 aromatic carbocycles. The van der Waals surface area contributed by atoms with Crippen molar-refractivity contribution in [1.29, 1.82) is 0 Å². The summed E-state index contributed by atoms with van der Waals surface area (Å²) in [5.74, 6) is 1.61. The van der Waals surface area contributed by atoms with Crippen molar-refractivity contribution >= 4 is 0 Å². The maximum Gasteiger partial charge on any atom is 0.161 e. The molecule has 1 aliphatic rings. The number of aryl methyl sites for hydroxylation is 1. The molecular weight excluding hydrogens is 242 g/mol. The minimum absolute atomic E-state index is 0.123. The van der Waals surface area contributed by atoms with Gasteiger partial charge >= 0.3 is 0 Å². The number of aliphatic hydroxyl groups excluding tert-OH is 1. The van der Waals surface area contributed by atoms with E-state index in [0.717, 1.165) is 36.3 Å². The van der Waals surface area contributed by atoms with Gasteiger partial charge in [0.15, 0.2) is 11.5 Å². The van der Waals surface area contributed by atoms with E-state index in [1.165, 1.54) is 0 Å². The van der Waals surface area contributed by atoms with E-state index in [9.17, 15) is 5.11 Å². The van der Waals surface area contributed by atoms with E-state index in [-0.39, 0.29) is 6.04 Å². The van der Waals surface area contributed by atoms with Crippen LogP contribution < -0.4 is 15.2 Å².